The zero-order valence-electron chi connectivity index (χ0n) is 10.7. The normalized spacial score (nSPS) is 17.5. The molecular formula is C15H13NO3S. The van der Waals surface area contributed by atoms with E-state index < -0.39 is 4.92 Å². The van der Waals surface area contributed by atoms with Crippen LogP contribution >= 0.6 is 11.3 Å². The molecule has 1 atom stereocenters. The van der Waals surface area contributed by atoms with Gasteiger partial charge in [-0.25, -0.2) is 0 Å². The third-order valence-electron chi connectivity index (χ3n) is 3.73. The van der Waals surface area contributed by atoms with E-state index >= 15 is 0 Å². The molecule has 1 aliphatic carbocycles. The molecule has 0 radical (unpaired) electrons. The van der Waals surface area contributed by atoms with Crippen LogP contribution in [0.4, 0.5) is 5.00 Å². The van der Waals surface area contributed by atoms with Gasteiger partial charge in [0.15, 0.2) is 5.78 Å². The second-order valence-electron chi connectivity index (χ2n) is 4.97. The number of carbonyl (C=O) groups is 1. The van der Waals surface area contributed by atoms with Crippen LogP contribution in [0.2, 0.25) is 0 Å². The topological polar surface area (TPSA) is 60.2 Å². The van der Waals surface area contributed by atoms with E-state index in [-0.39, 0.29) is 16.7 Å². The molecule has 1 heterocycles. The Bertz CT molecular complexity index is 677. The number of rotatable bonds is 3. The van der Waals surface area contributed by atoms with Gasteiger partial charge >= 0.3 is 5.00 Å². The van der Waals surface area contributed by atoms with Gasteiger partial charge < -0.3 is 0 Å². The highest BCUT2D eigenvalue weighted by Crippen LogP contribution is 2.31. The molecule has 1 unspecified atom stereocenters. The van der Waals surface area contributed by atoms with Gasteiger partial charge in [-0.1, -0.05) is 35.6 Å². The number of aryl methyl sites for hydroxylation is 1. The molecule has 1 aromatic heterocycles. The Morgan fingerprint density at radius 3 is 2.65 bits per heavy atom. The zero-order valence-corrected chi connectivity index (χ0v) is 11.6. The van der Waals surface area contributed by atoms with Crippen molar-refractivity contribution in [1.82, 2.24) is 0 Å². The number of Topliss-reactive ketones (excluding diaryl/α,β-unsaturated/α-hetero) is 1. The first-order chi connectivity index (χ1) is 9.65. The van der Waals surface area contributed by atoms with Crippen LogP contribution in [-0.2, 0) is 12.8 Å². The maximum atomic E-state index is 12.4. The average molecular weight is 287 g/mol. The summed E-state index contributed by atoms with van der Waals surface area (Å²) in [6.45, 7) is 0. The van der Waals surface area contributed by atoms with Crippen molar-refractivity contribution in [3.05, 3.63) is 62.5 Å². The van der Waals surface area contributed by atoms with Crippen LogP contribution < -0.4 is 0 Å². The van der Waals surface area contributed by atoms with Crippen LogP contribution in [0, 0.1) is 16.0 Å². The van der Waals surface area contributed by atoms with Gasteiger partial charge in [-0.05, 0) is 36.5 Å². The average Bonchev–Trinajstić information content (AvgIpc) is 2.96. The van der Waals surface area contributed by atoms with E-state index in [0.29, 0.717) is 4.88 Å². The summed E-state index contributed by atoms with van der Waals surface area (Å²) in [6.07, 6.45) is 2.46. The molecule has 0 saturated carbocycles. The Balaban J connectivity index is 1.80. The fourth-order valence-electron chi connectivity index (χ4n) is 2.68. The van der Waals surface area contributed by atoms with Gasteiger partial charge in [0, 0.05) is 12.0 Å². The summed E-state index contributed by atoms with van der Waals surface area (Å²) in [6, 6.07) is 11.2. The number of ketones is 1. The minimum Gasteiger partial charge on any atom is -0.293 e. The lowest BCUT2D eigenvalue weighted by Crippen LogP contribution is -2.22. The van der Waals surface area contributed by atoms with E-state index in [2.05, 4.69) is 12.1 Å². The van der Waals surface area contributed by atoms with Gasteiger partial charge in [-0.2, -0.15) is 0 Å². The molecule has 1 aliphatic rings. The standard InChI is InChI=1S/C15H13NO3S/c17-15(13-7-8-14(20-13)16(18)19)12-6-5-10-3-1-2-4-11(10)9-12/h1-4,7-8,12H,5-6,9H2. The van der Waals surface area contributed by atoms with Crippen molar-refractivity contribution in [3.63, 3.8) is 0 Å². The maximum absolute atomic E-state index is 12.4. The van der Waals surface area contributed by atoms with Gasteiger partial charge in [0.2, 0.25) is 0 Å². The number of carbonyl (C=O) groups excluding carboxylic acids is 1. The van der Waals surface area contributed by atoms with Crippen molar-refractivity contribution in [2.45, 2.75) is 19.3 Å². The third-order valence-corrected chi connectivity index (χ3v) is 4.78. The van der Waals surface area contributed by atoms with E-state index in [1.54, 1.807) is 6.07 Å². The van der Waals surface area contributed by atoms with Crippen molar-refractivity contribution in [2.24, 2.45) is 5.92 Å². The van der Waals surface area contributed by atoms with Crippen LogP contribution in [0.15, 0.2) is 36.4 Å². The fraction of sp³-hybridized carbons (Fsp3) is 0.267. The van der Waals surface area contributed by atoms with Crippen molar-refractivity contribution in [3.8, 4) is 0 Å². The van der Waals surface area contributed by atoms with Crippen LogP contribution in [-0.4, -0.2) is 10.7 Å². The maximum Gasteiger partial charge on any atom is 0.324 e. The van der Waals surface area contributed by atoms with Crippen LogP contribution in [0.25, 0.3) is 0 Å². The number of thiophene rings is 1. The van der Waals surface area contributed by atoms with Crippen LogP contribution in [0.3, 0.4) is 0 Å². The second-order valence-corrected chi connectivity index (χ2v) is 6.03. The SMILES string of the molecule is O=C(c1ccc([N+](=O)[O-])s1)C1CCc2ccccc2C1. The van der Waals surface area contributed by atoms with Gasteiger partial charge in [0.25, 0.3) is 0 Å². The Hall–Kier alpha value is -2.01. The van der Waals surface area contributed by atoms with Gasteiger partial charge in [-0.3, -0.25) is 14.9 Å². The summed E-state index contributed by atoms with van der Waals surface area (Å²) in [5.74, 6) is -0.0132. The molecule has 0 amide bonds. The molecule has 2 aromatic rings. The Morgan fingerprint density at radius 2 is 1.95 bits per heavy atom. The minimum atomic E-state index is -0.447. The van der Waals surface area contributed by atoms with Crippen molar-refractivity contribution in [2.75, 3.05) is 0 Å². The lowest BCUT2D eigenvalue weighted by Gasteiger charge is -2.22. The first-order valence-electron chi connectivity index (χ1n) is 6.50. The molecule has 102 valence electrons. The molecule has 20 heavy (non-hydrogen) atoms. The number of fused-ring (bicyclic) bond motifs is 1. The number of hydrogen-bond acceptors (Lipinski definition) is 4. The smallest absolute Gasteiger partial charge is 0.293 e. The monoisotopic (exact) mass is 287 g/mol. The molecule has 0 fully saturated rings. The molecular weight excluding hydrogens is 274 g/mol. The van der Waals surface area contributed by atoms with Gasteiger partial charge in [0.1, 0.15) is 0 Å². The molecule has 0 aliphatic heterocycles. The van der Waals surface area contributed by atoms with Crippen molar-refractivity contribution in [1.29, 1.82) is 0 Å². The predicted molar refractivity (Wildman–Crippen MR) is 77.3 cm³/mol. The number of nitro groups is 1. The number of hydrogen-bond donors (Lipinski definition) is 0. The highest BCUT2D eigenvalue weighted by Gasteiger charge is 2.27. The summed E-state index contributed by atoms with van der Waals surface area (Å²) < 4.78 is 0. The quantitative estimate of drug-likeness (QED) is 0.492. The van der Waals surface area contributed by atoms with E-state index in [1.807, 2.05) is 12.1 Å². The van der Waals surface area contributed by atoms with Gasteiger partial charge in [-0.15, -0.1) is 0 Å². The fourth-order valence-corrected chi connectivity index (χ4v) is 3.52. The molecule has 3 rings (SSSR count). The largest absolute Gasteiger partial charge is 0.324 e. The summed E-state index contributed by atoms with van der Waals surface area (Å²) in [7, 11) is 0. The zero-order chi connectivity index (χ0) is 14.1. The van der Waals surface area contributed by atoms with Crippen LogP contribution in [0.5, 0.6) is 0 Å². The van der Waals surface area contributed by atoms with Crippen molar-refractivity contribution >= 4 is 22.1 Å². The summed E-state index contributed by atoms with van der Waals surface area (Å²) in [5.41, 5.74) is 2.54. The van der Waals surface area contributed by atoms with E-state index in [4.69, 9.17) is 0 Å². The van der Waals surface area contributed by atoms with E-state index in [0.717, 1.165) is 30.6 Å². The van der Waals surface area contributed by atoms with Gasteiger partial charge in [0.05, 0.1) is 9.80 Å². The summed E-state index contributed by atoms with van der Waals surface area (Å²) in [4.78, 5) is 23.2. The molecule has 0 spiro atoms. The molecule has 1 aromatic carbocycles. The van der Waals surface area contributed by atoms with E-state index in [9.17, 15) is 14.9 Å². The van der Waals surface area contributed by atoms with E-state index in [1.165, 1.54) is 17.2 Å². The molecule has 4 nitrogen and oxygen atoms in total. The van der Waals surface area contributed by atoms with Crippen molar-refractivity contribution < 1.29 is 9.72 Å². The molecule has 5 heteroatoms. The predicted octanol–water partition coefficient (Wildman–Crippen LogP) is 3.64. The molecule has 0 saturated heterocycles. The molecule has 0 N–H and O–H groups in total. The molecule has 0 bridgehead atoms. The third kappa shape index (κ3) is 2.36. The highest BCUT2D eigenvalue weighted by atomic mass is 32.1. The lowest BCUT2D eigenvalue weighted by molar-refractivity contribution is -0.380. The summed E-state index contributed by atoms with van der Waals surface area (Å²) in [5, 5.41) is 10.7. The first kappa shape index (κ1) is 13.0. The highest BCUT2D eigenvalue weighted by molar-refractivity contribution is 7.17. The number of nitrogens with zero attached hydrogens (tertiary/aromatic N) is 1. The Morgan fingerprint density at radius 1 is 1.20 bits per heavy atom. The Labute approximate surface area is 120 Å². The number of benzene rings is 1. The Kier molecular flexibility index (Phi) is 3.36. The first-order valence-corrected chi connectivity index (χ1v) is 7.32. The lowest BCUT2D eigenvalue weighted by atomic mass is 9.81. The second kappa shape index (κ2) is 5.17. The summed E-state index contributed by atoms with van der Waals surface area (Å²) >= 11 is 0.975. The van der Waals surface area contributed by atoms with Crippen LogP contribution in [0.1, 0.15) is 27.2 Å². The minimum absolute atomic E-state index is 0.0320.